The Morgan fingerprint density at radius 1 is 1.24 bits per heavy atom. The fourth-order valence-electron chi connectivity index (χ4n) is 2.74. The second-order valence-corrected chi connectivity index (χ2v) is 6.09. The number of nitrogen functional groups attached to an aromatic ring is 1. The first kappa shape index (κ1) is 15.8. The van der Waals surface area contributed by atoms with Crippen molar-refractivity contribution in [2.24, 2.45) is 0 Å². The van der Waals surface area contributed by atoms with Gasteiger partial charge < -0.3 is 15.2 Å². The molecule has 1 aromatic rings. The number of thiophene rings is 1. The van der Waals surface area contributed by atoms with Crippen molar-refractivity contribution < 1.29 is 19.1 Å². The Bertz CT molecular complexity index is 538. The highest BCUT2D eigenvalue weighted by Gasteiger charge is 2.34. The second-order valence-electron chi connectivity index (χ2n) is 4.95. The van der Waals surface area contributed by atoms with Crippen LogP contribution in [0.2, 0.25) is 0 Å². The number of carbonyl (C=O) groups excluding carboxylic acids is 2. The molecule has 0 saturated heterocycles. The summed E-state index contributed by atoms with van der Waals surface area (Å²) in [5.74, 6) is -1.12. The third kappa shape index (κ3) is 3.20. The highest BCUT2D eigenvalue weighted by Crippen LogP contribution is 2.42. The van der Waals surface area contributed by atoms with Crippen LogP contribution < -0.4 is 5.73 Å². The molecule has 0 spiro atoms. The van der Waals surface area contributed by atoms with Crippen LogP contribution in [0, 0.1) is 0 Å². The number of esters is 2. The molecule has 1 aliphatic rings. The third-order valence-corrected chi connectivity index (χ3v) is 4.69. The fraction of sp³-hybridized carbons (Fsp3) is 0.600. The van der Waals surface area contributed by atoms with Crippen LogP contribution in [0.4, 0.5) is 5.00 Å². The SMILES string of the molecule is CCOC(=O)c1c(N)sc2c1[C@@H](C(=O)OCC)CCCC2. The summed E-state index contributed by atoms with van der Waals surface area (Å²) in [7, 11) is 0. The summed E-state index contributed by atoms with van der Waals surface area (Å²) in [6, 6.07) is 0. The number of carbonyl (C=O) groups is 2. The molecule has 0 saturated carbocycles. The van der Waals surface area contributed by atoms with Crippen LogP contribution in [0.1, 0.15) is 59.8 Å². The lowest BCUT2D eigenvalue weighted by molar-refractivity contribution is -0.145. The monoisotopic (exact) mass is 311 g/mol. The summed E-state index contributed by atoms with van der Waals surface area (Å²) < 4.78 is 10.3. The summed E-state index contributed by atoms with van der Waals surface area (Å²) >= 11 is 1.39. The van der Waals surface area contributed by atoms with E-state index in [9.17, 15) is 9.59 Å². The van der Waals surface area contributed by atoms with Gasteiger partial charge in [0.2, 0.25) is 0 Å². The average molecular weight is 311 g/mol. The van der Waals surface area contributed by atoms with E-state index in [-0.39, 0.29) is 12.6 Å². The van der Waals surface area contributed by atoms with Gasteiger partial charge in [0.15, 0.2) is 0 Å². The Labute approximate surface area is 128 Å². The number of ether oxygens (including phenoxy) is 2. The van der Waals surface area contributed by atoms with E-state index in [1.807, 2.05) is 0 Å². The maximum absolute atomic E-state index is 12.2. The number of aryl methyl sites for hydroxylation is 1. The molecule has 116 valence electrons. The van der Waals surface area contributed by atoms with Crippen LogP contribution in [0.5, 0.6) is 0 Å². The van der Waals surface area contributed by atoms with E-state index in [0.29, 0.717) is 23.6 Å². The Balaban J connectivity index is 2.47. The first-order chi connectivity index (χ1) is 10.1. The van der Waals surface area contributed by atoms with Gasteiger partial charge in [-0.3, -0.25) is 4.79 Å². The predicted octanol–water partition coefficient (Wildman–Crippen LogP) is 2.88. The van der Waals surface area contributed by atoms with Crippen molar-refractivity contribution in [1.29, 1.82) is 0 Å². The molecule has 6 heteroatoms. The van der Waals surface area contributed by atoms with Crippen LogP contribution in [0.3, 0.4) is 0 Å². The Hall–Kier alpha value is -1.56. The topological polar surface area (TPSA) is 78.6 Å². The van der Waals surface area contributed by atoms with Gasteiger partial charge in [-0.25, -0.2) is 4.79 Å². The standard InChI is InChI=1S/C15H21NO4S/c1-3-19-14(17)9-7-5-6-8-10-11(9)12(13(16)21-10)15(18)20-4-2/h9H,3-8,16H2,1-2H3/t9-/m0/s1. The second kappa shape index (κ2) is 6.93. The van der Waals surface area contributed by atoms with Gasteiger partial charge >= 0.3 is 11.9 Å². The van der Waals surface area contributed by atoms with Crippen molar-refractivity contribution in [3.63, 3.8) is 0 Å². The lowest BCUT2D eigenvalue weighted by atomic mass is 9.93. The molecule has 0 radical (unpaired) electrons. The van der Waals surface area contributed by atoms with Gasteiger partial charge in [-0.05, 0) is 38.7 Å². The number of hydrogen-bond donors (Lipinski definition) is 1. The smallest absolute Gasteiger partial charge is 0.341 e. The molecular weight excluding hydrogens is 290 g/mol. The normalized spacial score (nSPS) is 17.7. The van der Waals surface area contributed by atoms with E-state index in [4.69, 9.17) is 15.2 Å². The molecule has 1 heterocycles. The predicted molar refractivity (Wildman–Crippen MR) is 81.6 cm³/mol. The largest absolute Gasteiger partial charge is 0.466 e. The zero-order valence-corrected chi connectivity index (χ0v) is 13.3. The first-order valence-corrected chi connectivity index (χ1v) is 8.16. The molecule has 2 N–H and O–H groups in total. The first-order valence-electron chi connectivity index (χ1n) is 7.34. The number of anilines is 1. The zero-order chi connectivity index (χ0) is 15.4. The van der Waals surface area contributed by atoms with Crippen molar-refractivity contribution >= 4 is 28.3 Å². The maximum atomic E-state index is 12.2. The zero-order valence-electron chi connectivity index (χ0n) is 12.4. The van der Waals surface area contributed by atoms with Crippen LogP contribution in [-0.2, 0) is 20.7 Å². The van der Waals surface area contributed by atoms with Crippen LogP contribution in [-0.4, -0.2) is 25.2 Å². The number of fused-ring (bicyclic) bond motifs is 1. The third-order valence-electron chi connectivity index (χ3n) is 3.60. The molecule has 0 bridgehead atoms. The van der Waals surface area contributed by atoms with Crippen LogP contribution in [0.25, 0.3) is 0 Å². The maximum Gasteiger partial charge on any atom is 0.341 e. The average Bonchev–Trinajstić information content (AvgIpc) is 2.63. The highest BCUT2D eigenvalue weighted by molar-refractivity contribution is 7.16. The summed E-state index contributed by atoms with van der Waals surface area (Å²) in [5, 5.41) is 0.439. The molecular formula is C15H21NO4S. The molecule has 1 aromatic heterocycles. The molecule has 21 heavy (non-hydrogen) atoms. The molecule has 0 fully saturated rings. The minimum Gasteiger partial charge on any atom is -0.466 e. The van der Waals surface area contributed by atoms with Gasteiger partial charge in [0.25, 0.3) is 0 Å². The van der Waals surface area contributed by atoms with E-state index < -0.39 is 11.9 Å². The van der Waals surface area contributed by atoms with Crippen molar-refractivity contribution in [2.75, 3.05) is 18.9 Å². The van der Waals surface area contributed by atoms with Crippen molar-refractivity contribution in [1.82, 2.24) is 0 Å². The van der Waals surface area contributed by atoms with Gasteiger partial charge in [-0.2, -0.15) is 0 Å². The molecule has 5 nitrogen and oxygen atoms in total. The molecule has 0 aliphatic heterocycles. The molecule has 0 unspecified atom stereocenters. The van der Waals surface area contributed by atoms with Gasteiger partial charge in [-0.1, -0.05) is 6.42 Å². The van der Waals surface area contributed by atoms with E-state index in [0.717, 1.165) is 29.7 Å². The molecule has 0 amide bonds. The van der Waals surface area contributed by atoms with Gasteiger partial charge in [0.05, 0.1) is 24.7 Å². The van der Waals surface area contributed by atoms with E-state index in [1.165, 1.54) is 11.3 Å². The number of rotatable bonds is 4. The molecule has 0 aromatic carbocycles. The van der Waals surface area contributed by atoms with Crippen molar-refractivity contribution in [3.05, 3.63) is 16.0 Å². The minimum absolute atomic E-state index is 0.274. The van der Waals surface area contributed by atoms with E-state index in [1.54, 1.807) is 13.8 Å². The van der Waals surface area contributed by atoms with Crippen molar-refractivity contribution in [2.45, 2.75) is 45.4 Å². The Morgan fingerprint density at radius 2 is 1.95 bits per heavy atom. The van der Waals surface area contributed by atoms with E-state index in [2.05, 4.69) is 0 Å². The molecule has 2 rings (SSSR count). The van der Waals surface area contributed by atoms with Crippen molar-refractivity contribution in [3.8, 4) is 0 Å². The summed E-state index contributed by atoms with van der Waals surface area (Å²) in [5.41, 5.74) is 7.12. The van der Waals surface area contributed by atoms with Gasteiger partial charge in [-0.15, -0.1) is 11.3 Å². The molecule has 1 aliphatic carbocycles. The summed E-state index contributed by atoms with van der Waals surface area (Å²) in [6.07, 6.45) is 3.46. The summed E-state index contributed by atoms with van der Waals surface area (Å²) in [6.45, 7) is 4.15. The Kier molecular flexibility index (Phi) is 5.22. The minimum atomic E-state index is -0.441. The quantitative estimate of drug-likeness (QED) is 0.683. The van der Waals surface area contributed by atoms with Gasteiger partial charge in [0.1, 0.15) is 5.00 Å². The lowest BCUT2D eigenvalue weighted by Crippen LogP contribution is -2.19. The van der Waals surface area contributed by atoms with Crippen LogP contribution >= 0.6 is 11.3 Å². The molecule has 1 atom stereocenters. The summed E-state index contributed by atoms with van der Waals surface area (Å²) in [4.78, 5) is 25.5. The van der Waals surface area contributed by atoms with Gasteiger partial charge in [0, 0.05) is 4.88 Å². The lowest BCUT2D eigenvalue weighted by Gasteiger charge is -2.15. The fourth-order valence-corrected chi connectivity index (χ4v) is 3.90. The highest BCUT2D eigenvalue weighted by atomic mass is 32.1. The number of nitrogens with two attached hydrogens (primary N) is 1. The Morgan fingerprint density at radius 3 is 2.62 bits per heavy atom. The number of hydrogen-bond acceptors (Lipinski definition) is 6. The van der Waals surface area contributed by atoms with Crippen LogP contribution in [0.15, 0.2) is 0 Å². The van der Waals surface area contributed by atoms with E-state index >= 15 is 0 Å².